The van der Waals surface area contributed by atoms with Crippen LogP contribution in [-0.4, -0.2) is 96.4 Å². The molecule has 3 heterocycles. The van der Waals surface area contributed by atoms with Gasteiger partial charge in [0.25, 0.3) is 5.56 Å². The zero-order valence-electron chi connectivity index (χ0n) is 33.6. The number of Topliss-reactive ketones (excluding diaryl/α,β-unsaturated/α-hetero) is 1. The number of carbonyl (C=O) groups excluding carboxylic acids is 2. The molecule has 0 aromatic carbocycles. The van der Waals surface area contributed by atoms with E-state index in [2.05, 4.69) is 27.0 Å². The predicted octanol–water partition coefficient (Wildman–Crippen LogP) is 5.95. The van der Waals surface area contributed by atoms with E-state index in [9.17, 15) is 38.6 Å². The van der Waals surface area contributed by atoms with Gasteiger partial charge in [0.2, 0.25) is 5.95 Å². The molecule has 332 valence electrons. The number of aliphatic hydroxyl groups is 2. The summed E-state index contributed by atoms with van der Waals surface area (Å²) in [5, 5.41) is 23.6. The molecule has 0 radical (unpaired) electrons. The number of ketones is 1. The number of carbonyl (C=O) groups is 2. The second kappa shape index (κ2) is 26.1. The number of fused-ring (bicyclic) bond motifs is 1. The van der Waals surface area contributed by atoms with Crippen molar-refractivity contribution < 1.29 is 56.7 Å². The molecule has 2 aromatic rings. The fourth-order valence-corrected chi connectivity index (χ4v) is 9.54. The number of esters is 1. The van der Waals surface area contributed by atoms with Gasteiger partial charge in [-0.15, -0.1) is 11.6 Å². The van der Waals surface area contributed by atoms with Crippen molar-refractivity contribution in [3.05, 3.63) is 16.7 Å². The number of aliphatic hydroxyl groups excluding tert-OH is 2. The van der Waals surface area contributed by atoms with Gasteiger partial charge in [-0.05, 0) is 19.8 Å². The van der Waals surface area contributed by atoms with Crippen molar-refractivity contribution in [3.63, 3.8) is 0 Å². The van der Waals surface area contributed by atoms with Crippen LogP contribution in [0, 0.1) is 0 Å². The SMILES string of the molecule is CCCCCCCCCCCCCCCCCCOC(=O)[C@H](C)NP(=O)(OCCCC(=O)CCl)OP(=O)(O)OC[C@H]1O[C@@H](n2cnc3c(=O)[nH]c(N)nc32)[C@H](O)[C@@H]1O. The first kappa shape index (κ1) is 50.1. The summed E-state index contributed by atoms with van der Waals surface area (Å²) in [5.41, 5.74) is 4.78. The molecule has 0 aliphatic carbocycles. The maximum Gasteiger partial charge on any atom is 0.480 e. The molecule has 0 amide bonds. The summed E-state index contributed by atoms with van der Waals surface area (Å²) in [7, 11) is -10.1. The second-order valence-electron chi connectivity index (χ2n) is 14.6. The van der Waals surface area contributed by atoms with Crippen molar-refractivity contribution in [1.29, 1.82) is 0 Å². The van der Waals surface area contributed by atoms with Crippen LogP contribution in [0.4, 0.5) is 5.95 Å². The first-order chi connectivity index (χ1) is 27.7. The van der Waals surface area contributed by atoms with Crippen LogP contribution >= 0.6 is 27.2 Å². The third kappa shape index (κ3) is 17.4. The molecule has 2 unspecified atom stereocenters. The third-order valence-corrected chi connectivity index (χ3v) is 13.3. The summed E-state index contributed by atoms with van der Waals surface area (Å²) in [4.78, 5) is 57.4. The van der Waals surface area contributed by atoms with Crippen LogP contribution in [0.1, 0.15) is 136 Å². The minimum atomic E-state index is -5.32. The van der Waals surface area contributed by atoms with Gasteiger partial charge in [0, 0.05) is 6.42 Å². The normalized spacial score (nSPS) is 20.9. The number of alkyl halides is 1. The molecular weight excluding hydrogens is 822 g/mol. The zero-order chi connectivity index (χ0) is 42.6. The number of aromatic nitrogens is 4. The molecule has 19 nitrogen and oxygen atoms in total. The molecule has 1 saturated heterocycles. The number of aromatic amines is 1. The number of phosphoric ester groups is 1. The highest BCUT2D eigenvalue weighted by molar-refractivity contribution is 7.63. The fourth-order valence-electron chi connectivity index (χ4n) is 6.40. The lowest BCUT2D eigenvalue weighted by Crippen LogP contribution is -2.35. The zero-order valence-corrected chi connectivity index (χ0v) is 36.2. The Morgan fingerprint density at radius 3 is 2.12 bits per heavy atom. The van der Waals surface area contributed by atoms with Crippen LogP contribution in [0.3, 0.4) is 0 Å². The highest BCUT2D eigenvalue weighted by Gasteiger charge is 2.47. The van der Waals surface area contributed by atoms with Crippen LogP contribution in [0.15, 0.2) is 11.1 Å². The molecular formula is C36H63ClN6O13P2. The predicted molar refractivity (Wildman–Crippen MR) is 217 cm³/mol. The molecule has 22 heteroatoms. The van der Waals surface area contributed by atoms with Gasteiger partial charge in [0.1, 0.15) is 30.1 Å². The Kier molecular flexibility index (Phi) is 22.6. The van der Waals surface area contributed by atoms with Gasteiger partial charge in [-0.25, -0.2) is 19.2 Å². The van der Waals surface area contributed by atoms with Crippen molar-refractivity contribution >= 4 is 56.0 Å². The molecule has 1 aliphatic heterocycles. The number of rotatable bonds is 32. The van der Waals surface area contributed by atoms with Crippen molar-refractivity contribution in [3.8, 4) is 0 Å². The number of H-pyrrole nitrogens is 1. The van der Waals surface area contributed by atoms with Gasteiger partial charge in [0.15, 0.2) is 17.4 Å². The van der Waals surface area contributed by atoms with Crippen molar-refractivity contribution in [1.82, 2.24) is 24.6 Å². The van der Waals surface area contributed by atoms with Gasteiger partial charge in [-0.3, -0.25) is 33.0 Å². The molecule has 2 aromatic heterocycles. The first-order valence-electron chi connectivity index (χ1n) is 20.4. The Bertz CT molecular complexity index is 1700. The molecule has 1 aliphatic rings. The van der Waals surface area contributed by atoms with Crippen LogP contribution in [0.25, 0.3) is 11.2 Å². The van der Waals surface area contributed by atoms with Gasteiger partial charge < -0.3 is 30.3 Å². The van der Waals surface area contributed by atoms with Gasteiger partial charge >= 0.3 is 21.5 Å². The summed E-state index contributed by atoms with van der Waals surface area (Å²) < 4.78 is 54.1. The standard InChI is InChI=1S/C36H63ClN6O13P2/c1-3-4-5-6-7-8-9-10-11-12-13-14-15-16-17-18-21-52-35(48)26(2)42-57(49,53-22-19-20-27(44)23-37)56-58(50,51)54-24-28-30(45)31(46)34(55-28)43-25-39-29-32(43)40-36(38)41-33(29)47/h25-26,28,30-31,34,45-46H,3-24H2,1-2H3,(H,42,49)(H,50,51)(H3,38,40,41,47)/t26-,28+,30+,31+,34+,57?/m0/s1. The summed E-state index contributed by atoms with van der Waals surface area (Å²) in [6.45, 7) is 2.39. The number of unbranched alkanes of at least 4 members (excludes halogenated alkanes) is 15. The summed E-state index contributed by atoms with van der Waals surface area (Å²) in [5.74, 6) is -1.62. The molecule has 0 bridgehead atoms. The highest BCUT2D eigenvalue weighted by Crippen LogP contribution is 2.61. The molecule has 7 atom stereocenters. The largest absolute Gasteiger partial charge is 0.480 e. The number of halogens is 1. The van der Waals surface area contributed by atoms with Crippen molar-refractivity contribution in [2.45, 2.75) is 160 Å². The monoisotopic (exact) mass is 884 g/mol. The number of nitrogen functional groups attached to an aromatic ring is 1. The Labute approximate surface area is 344 Å². The Hall–Kier alpha value is -2.28. The maximum absolute atomic E-state index is 13.7. The van der Waals surface area contributed by atoms with Crippen LogP contribution in [0.2, 0.25) is 0 Å². The number of nitrogens with one attached hydrogen (secondary N) is 2. The van der Waals surface area contributed by atoms with E-state index in [4.69, 9.17) is 40.2 Å². The number of hydrogen-bond acceptors (Lipinski definition) is 15. The van der Waals surface area contributed by atoms with E-state index in [1.807, 2.05) is 0 Å². The number of ether oxygens (including phenoxy) is 2. The summed E-state index contributed by atoms with van der Waals surface area (Å²) in [6.07, 6.45) is 14.1. The Morgan fingerprint density at radius 1 is 0.948 bits per heavy atom. The van der Waals surface area contributed by atoms with E-state index in [1.165, 1.54) is 84.0 Å². The molecule has 3 rings (SSSR count). The smallest absolute Gasteiger partial charge is 0.465 e. The van der Waals surface area contributed by atoms with E-state index in [0.717, 1.165) is 30.2 Å². The molecule has 0 spiro atoms. The number of hydrogen-bond donors (Lipinski definition) is 6. The van der Waals surface area contributed by atoms with Crippen LogP contribution in [-0.2, 0) is 41.6 Å². The molecule has 7 N–H and O–H groups in total. The molecule has 0 saturated carbocycles. The van der Waals surface area contributed by atoms with E-state index >= 15 is 0 Å². The molecule has 1 fully saturated rings. The van der Waals surface area contributed by atoms with Gasteiger partial charge in [-0.2, -0.15) is 9.29 Å². The minimum Gasteiger partial charge on any atom is -0.465 e. The second-order valence-corrected chi connectivity index (χ2v) is 18.2. The Morgan fingerprint density at radius 2 is 1.53 bits per heavy atom. The average Bonchev–Trinajstić information content (AvgIpc) is 3.72. The number of nitrogens with two attached hydrogens (primary N) is 1. The van der Waals surface area contributed by atoms with Crippen LogP contribution in [0.5, 0.6) is 0 Å². The lowest BCUT2D eigenvalue weighted by molar-refractivity contribution is -0.145. The number of phosphoric acid groups is 1. The van der Waals surface area contributed by atoms with E-state index in [1.54, 1.807) is 0 Å². The topological polar surface area (TPSA) is 277 Å². The average molecular weight is 885 g/mol. The van der Waals surface area contributed by atoms with Gasteiger partial charge in [-0.1, -0.05) is 103 Å². The van der Waals surface area contributed by atoms with E-state index in [-0.39, 0.29) is 48.2 Å². The molecule has 58 heavy (non-hydrogen) atoms. The van der Waals surface area contributed by atoms with E-state index in [0.29, 0.717) is 6.42 Å². The maximum atomic E-state index is 13.7. The number of nitrogens with zero attached hydrogens (tertiary/aromatic N) is 3. The van der Waals surface area contributed by atoms with Crippen molar-refractivity contribution in [2.75, 3.05) is 31.4 Å². The summed E-state index contributed by atoms with van der Waals surface area (Å²) >= 11 is 5.53. The fraction of sp³-hybridized carbons (Fsp3) is 0.806. The number of anilines is 1. The highest BCUT2D eigenvalue weighted by atomic mass is 35.5. The summed E-state index contributed by atoms with van der Waals surface area (Å²) in [6, 6.07) is -1.33. The minimum absolute atomic E-state index is 0.0198. The lowest BCUT2D eigenvalue weighted by atomic mass is 10.0. The van der Waals surface area contributed by atoms with Gasteiger partial charge in [0.05, 0.1) is 32.0 Å². The Balaban J connectivity index is 1.43. The first-order valence-corrected chi connectivity index (χ1v) is 24.0. The van der Waals surface area contributed by atoms with E-state index < -0.39 is 70.9 Å². The van der Waals surface area contributed by atoms with Crippen molar-refractivity contribution in [2.24, 2.45) is 0 Å². The quantitative estimate of drug-likeness (QED) is 0.0214. The lowest BCUT2D eigenvalue weighted by Gasteiger charge is -2.24. The van der Waals surface area contributed by atoms with Crippen LogP contribution < -0.4 is 16.4 Å². The third-order valence-electron chi connectivity index (χ3n) is 9.63. The number of imidazole rings is 1.